The number of hydrogen-bond donors (Lipinski definition) is 1. The Labute approximate surface area is 105 Å². The first-order valence-electron chi connectivity index (χ1n) is 6.01. The third-order valence-corrected chi connectivity index (χ3v) is 4.19. The molecule has 0 aromatic carbocycles. The Kier molecular flexibility index (Phi) is 2.76. The lowest BCUT2D eigenvalue weighted by Crippen LogP contribution is -2.12. The Bertz CT molecular complexity index is 529. The quantitative estimate of drug-likeness (QED) is 0.887. The van der Waals surface area contributed by atoms with Gasteiger partial charge in [0.15, 0.2) is 0 Å². The molecule has 2 aromatic rings. The van der Waals surface area contributed by atoms with Crippen LogP contribution in [0.5, 0.6) is 0 Å². The number of hydrogen-bond acceptors (Lipinski definition) is 3. The molecule has 1 aliphatic rings. The maximum Gasteiger partial charge on any atom is 0.0898 e. The lowest BCUT2D eigenvalue weighted by molar-refractivity contribution is 0.155. The van der Waals surface area contributed by atoms with Gasteiger partial charge >= 0.3 is 0 Å². The maximum atomic E-state index is 9.92. The van der Waals surface area contributed by atoms with Crippen molar-refractivity contribution in [3.63, 3.8) is 0 Å². The molecule has 3 rings (SSSR count). The Morgan fingerprint density at radius 2 is 2.47 bits per heavy atom. The summed E-state index contributed by atoms with van der Waals surface area (Å²) < 4.78 is 2.23. The fourth-order valence-electron chi connectivity index (χ4n) is 2.54. The molecule has 90 valence electrons. The summed E-state index contributed by atoms with van der Waals surface area (Å²) in [5.41, 5.74) is 3.52. The number of aryl methyl sites for hydroxylation is 1. The van der Waals surface area contributed by atoms with Crippen molar-refractivity contribution in [1.82, 2.24) is 9.55 Å². The molecule has 0 radical (unpaired) electrons. The lowest BCUT2D eigenvalue weighted by atomic mass is 9.95. The highest BCUT2D eigenvalue weighted by atomic mass is 32.1. The van der Waals surface area contributed by atoms with E-state index >= 15 is 0 Å². The molecule has 17 heavy (non-hydrogen) atoms. The van der Waals surface area contributed by atoms with Crippen molar-refractivity contribution >= 4 is 11.3 Å². The molecule has 2 heterocycles. The monoisotopic (exact) mass is 248 g/mol. The fraction of sp³-hybridized carbons (Fsp3) is 0.462. The molecule has 4 heteroatoms. The van der Waals surface area contributed by atoms with Crippen molar-refractivity contribution in [1.29, 1.82) is 0 Å². The fourth-order valence-corrected chi connectivity index (χ4v) is 3.14. The molecule has 1 aliphatic carbocycles. The van der Waals surface area contributed by atoms with E-state index in [1.165, 1.54) is 5.69 Å². The molecule has 0 amide bonds. The van der Waals surface area contributed by atoms with Crippen molar-refractivity contribution < 1.29 is 5.11 Å². The molecule has 0 saturated carbocycles. The molecular weight excluding hydrogens is 232 g/mol. The summed E-state index contributed by atoms with van der Waals surface area (Å²) in [5, 5.41) is 13.1. The number of nitrogens with zero attached hydrogens (tertiary/aromatic N) is 2. The van der Waals surface area contributed by atoms with Crippen molar-refractivity contribution in [3.8, 4) is 0 Å². The first-order chi connectivity index (χ1) is 8.24. The third kappa shape index (κ3) is 2.03. The van der Waals surface area contributed by atoms with Crippen LogP contribution in [0.25, 0.3) is 0 Å². The molecule has 0 aliphatic heterocycles. The van der Waals surface area contributed by atoms with E-state index in [0.717, 1.165) is 42.1 Å². The smallest absolute Gasteiger partial charge is 0.0898 e. The summed E-state index contributed by atoms with van der Waals surface area (Å²) in [7, 11) is 0. The SMILES string of the molecule is Cc1nc(Cn2ccc3c2CCCC3O)cs1. The van der Waals surface area contributed by atoms with Crippen LogP contribution in [0.15, 0.2) is 17.6 Å². The average molecular weight is 248 g/mol. The molecule has 2 aromatic heterocycles. The van der Waals surface area contributed by atoms with E-state index in [-0.39, 0.29) is 6.10 Å². The van der Waals surface area contributed by atoms with Crippen LogP contribution in [0.2, 0.25) is 0 Å². The summed E-state index contributed by atoms with van der Waals surface area (Å²) in [6.45, 7) is 2.86. The number of fused-ring (bicyclic) bond motifs is 1. The topological polar surface area (TPSA) is 38.0 Å². The van der Waals surface area contributed by atoms with Crippen LogP contribution >= 0.6 is 11.3 Å². The highest BCUT2D eigenvalue weighted by Crippen LogP contribution is 2.30. The summed E-state index contributed by atoms with van der Waals surface area (Å²) in [6, 6.07) is 2.05. The van der Waals surface area contributed by atoms with Gasteiger partial charge in [-0.05, 0) is 32.3 Å². The van der Waals surface area contributed by atoms with E-state index in [9.17, 15) is 5.11 Å². The van der Waals surface area contributed by atoms with Crippen LogP contribution < -0.4 is 0 Å². The summed E-state index contributed by atoms with van der Waals surface area (Å²) >= 11 is 1.69. The lowest BCUT2D eigenvalue weighted by Gasteiger charge is -2.19. The van der Waals surface area contributed by atoms with Gasteiger partial charge in [-0.1, -0.05) is 0 Å². The highest BCUT2D eigenvalue weighted by molar-refractivity contribution is 7.09. The Balaban J connectivity index is 1.89. The molecule has 1 N–H and O–H groups in total. The van der Waals surface area contributed by atoms with Crippen molar-refractivity contribution in [2.24, 2.45) is 0 Å². The summed E-state index contributed by atoms with van der Waals surface area (Å²) in [5.74, 6) is 0. The molecular formula is C13H16N2OS. The predicted octanol–water partition coefficient (Wildman–Crippen LogP) is 2.67. The van der Waals surface area contributed by atoms with Crippen LogP contribution in [0.4, 0.5) is 0 Å². The van der Waals surface area contributed by atoms with Gasteiger partial charge in [-0.3, -0.25) is 0 Å². The maximum absolute atomic E-state index is 9.92. The zero-order chi connectivity index (χ0) is 11.8. The van der Waals surface area contributed by atoms with E-state index in [0.29, 0.717) is 0 Å². The number of thiazole rings is 1. The first-order valence-corrected chi connectivity index (χ1v) is 6.89. The number of aromatic nitrogens is 2. The van der Waals surface area contributed by atoms with E-state index in [2.05, 4.69) is 27.2 Å². The van der Waals surface area contributed by atoms with E-state index in [1.807, 2.05) is 6.92 Å². The van der Waals surface area contributed by atoms with Crippen LogP contribution in [0.1, 0.15) is 40.9 Å². The molecule has 0 bridgehead atoms. The van der Waals surface area contributed by atoms with Gasteiger partial charge < -0.3 is 9.67 Å². The van der Waals surface area contributed by atoms with Gasteiger partial charge in [0, 0.05) is 22.8 Å². The van der Waals surface area contributed by atoms with Crippen molar-refractivity contribution in [2.45, 2.75) is 38.8 Å². The van der Waals surface area contributed by atoms with Crippen molar-refractivity contribution in [3.05, 3.63) is 39.6 Å². The number of aliphatic hydroxyl groups excluding tert-OH is 1. The van der Waals surface area contributed by atoms with E-state index in [1.54, 1.807) is 11.3 Å². The van der Waals surface area contributed by atoms with E-state index in [4.69, 9.17) is 0 Å². The molecule has 0 saturated heterocycles. The second kappa shape index (κ2) is 4.27. The molecule has 0 spiro atoms. The zero-order valence-corrected chi connectivity index (χ0v) is 10.7. The van der Waals surface area contributed by atoms with Gasteiger partial charge in [0.1, 0.15) is 0 Å². The standard InChI is InChI=1S/C13H16N2OS/c1-9-14-10(8-17-9)7-15-6-5-11-12(15)3-2-4-13(11)16/h5-6,8,13,16H,2-4,7H2,1H3. The third-order valence-electron chi connectivity index (χ3n) is 3.36. The van der Waals surface area contributed by atoms with Crippen molar-refractivity contribution in [2.75, 3.05) is 0 Å². The van der Waals surface area contributed by atoms with Gasteiger partial charge in [-0.2, -0.15) is 0 Å². The largest absolute Gasteiger partial charge is 0.388 e. The predicted molar refractivity (Wildman–Crippen MR) is 68.3 cm³/mol. The number of rotatable bonds is 2. The normalized spacial score (nSPS) is 19.3. The molecule has 1 atom stereocenters. The first kappa shape index (κ1) is 11.0. The Morgan fingerprint density at radius 3 is 3.24 bits per heavy atom. The van der Waals surface area contributed by atoms with E-state index < -0.39 is 0 Å². The highest BCUT2D eigenvalue weighted by Gasteiger charge is 2.21. The van der Waals surface area contributed by atoms with Gasteiger partial charge in [0.25, 0.3) is 0 Å². The molecule has 1 unspecified atom stereocenters. The zero-order valence-electron chi connectivity index (χ0n) is 9.89. The van der Waals surface area contributed by atoms with Gasteiger partial charge in [-0.25, -0.2) is 4.98 Å². The second-order valence-electron chi connectivity index (χ2n) is 4.61. The average Bonchev–Trinajstić information content (AvgIpc) is 2.88. The second-order valence-corrected chi connectivity index (χ2v) is 5.67. The minimum atomic E-state index is -0.267. The van der Waals surface area contributed by atoms with Crippen LogP contribution in [0.3, 0.4) is 0 Å². The molecule has 3 nitrogen and oxygen atoms in total. The molecule has 0 fully saturated rings. The van der Waals surface area contributed by atoms with Crippen LogP contribution in [-0.4, -0.2) is 14.7 Å². The number of aliphatic hydroxyl groups is 1. The minimum Gasteiger partial charge on any atom is -0.388 e. The van der Waals surface area contributed by atoms with Gasteiger partial charge in [-0.15, -0.1) is 11.3 Å². The minimum absolute atomic E-state index is 0.267. The van der Waals surface area contributed by atoms with Gasteiger partial charge in [0.2, 0.25) is 0 Å². The van der Waals surface area contributed by atoms with Crippen LogP contribution in [-0.2, 0) is 13.0 Å². The van der Waals surface area contributed by atoms with Gasteiger partial charge in [0.05, 0.1) is 23.4 Å². The Morgan fingerprint density at radius 1 is 1.59 bits per heavy atom. The van der Waals surface area contributed by atoms with Crippen LogP contribution in [0, 0.1) is 6.92 Å². The summed E-state index contributed by atoms with van der Waals surface area (Å²) in [6.07, 6.45) is 4.86. The Hall–Kier alpha value is -1.13. The summed E-state index contributed by atoms with van der Waals surface area (Å²) in [4.78, 5) is 4.49.